The van der Waals surface area contributed by atoms with Gasteiger partial charge in [0, 0.05) is 18.7 Å². The Morgan fingerprint density at radius 1 is 1.50 bits per heavy atom. The van der Waals surface area contributed by atoms with Crippen molar-refractivity contribution in [2.24, 2.45) is 5.73 Å². The van der Waals surface area contributed by atoms with E-state index in [1.807, 2.05) is 0 Å². The summed E-state index contributed by atoms with van der Waals surface area (Å²) in [4.78, 5) is 21.1. The SMILES string of the molecule is C[C@@H](N)C(=O)NCc1ccc([N+](=O)[O-])cc1. The van der Waals surface area contributed by atoms with Crippen molar-refractivity contribution in [1.29, 1.82) is 0 Å². The average Bonchev–Trinajstić information content (AvgIpc) is 2.26. The van der Waals surface area contributed by atoms with E-state index >= 15 is 0 Å². The van der Waals surface area contributed by atoms with Crippen LogP contribution < -0.4 is 11.1 Å². The molecule has 1 atom stereocenters. The summed E-state index contributed by atoms with van der Waals surface area (Å²) in [7, 11) is 0. The number of non-ortho nitro benzene ring substituents is 1. The average molecular weight is 223 g/mol. The monoisotopic (exact) mass is 223 g/mol. The molecule has 0 aliphatic heterocycles. The predicted molar refractivity (Wildman–Crippen MR) is 58.6 cm³/mol. The highest BCUT2D eigenvalue weighted by Gasteiger charge is 2.07. The van der Waals surface area contributed by atoms with Crippen LogP contribution >= 0.6 is 0 Å². The maximum absolute atomic E-state index is 11.1. The number of nitrogens with zero attached hydrogens (tertiary/aromatic N) is 1. The molecule has 86 valence electrons. The van der Waals surface area contributed by atoms with Gasteiger partial charge in [-0.15, -0.1) is 0 Å². The molecule has 0 spiro atoms. The zero-order valence-corrected chi connectivity index (χ0v) is 8.84. The molecule has 1 aromatic rings. The molecule has 0 aromatic heterocycles. The molecule has 16 heavy (non-hydrogen) atoms. The summed E-state index contributed by atoms with van der Waals surface area (Å²) >= 11 is 0. The lowest BCUT2D eigenvalue weighted by Crippen LogP contribution is -2.37. The number of rotatable bonds is 4. The number of amides is 1. The Morgan fingerprint density at radius 2 is 2.06 bits per heavy atom. The number of nitrogens with two attached hydrogens (primary N) is 1. The molecule has 6 nitrogen and oxygen atoms in total. The van der Waals surface area contributed by atoms with Gasteiger partial charge in [-0.1, -0.05) is 12.1 Å². The van der Waals surface area contributed by atoms with Crippen LogP contribution in [-0.4, -0.2) is 16.9 Å². The smallest absolute Gasteiger partial charge is 0.269 e. The number of nitro groups is 1. The molecular formula is C10H13N3O3. The quantitative estimate of drug-likeness (QED) is 0.575. The number of carbonyl (C=O) groups excluding carboxylic acids is 1. The third kappa shape index (κ3) is 3.32. The van der Waals surface area contributed by atoms with Crippen molar-refractivity contribution in [2.45, 2.75) is 19.5 Å². The summed E-state index contributed by atoms with van der Waals surface area (Å²) in [6.07, 6.45) is 0. The van der Waals surface area contributed by atoms with Gasteiger partial charge in [0.15, 0.2) is 0 Å². The molecule has 1 aromatic carbocycles. The summed E-state index contributed by atoms with van der Waals surface area (Å²) in [6.45, 7) is 1.91. The standard InChI is InChI=1S/C10H13N3O3/c1-7(11)10(14)12-6-8-2-4-9(5-3-8)13(15)16/h2-5,7H,6,11H2,1H3,(H,12,14)/t7-/m1/s1. The second-order valence-corrected chi connectivity index (χ2v) is 3.43. The van der Waals surface area contributed by atoms with Gasteiger partial charge >= 0.3 is 0 Å². The molecule has 0 fully saturated rings. The van der Waals surface area contributed by atoms with Crippen molar-refractivity contribution in [3.63, 3.8) is 0 Å². The van der Waals surface area contributed by atoms with Gasteiger partial charge in [-0.25, -0.2) is 0 Å². The second-order valence-electron chi connectivity index (χ2n) is 3.43. The maximum atomic E-state index is 11.1. The lowest BCUT2D eigenvalue weighted by molar-refractivity contribution is -0.384. The van der Waals surface area contributed by atoms with Crippen LogP contribution in [0.4, 0.5) is 5.69 Å². The molecule has 0 aliphatic rings. The van der Waals surface area contributed by atoms with E-state index in [0.717, 1.165) is 5.56 Å². The van der Waals surface area contributed by atoms with Crippen LogP contribution in [0.2, 0.25) is 0 Å². The predicted octanol–water partition coefficient (Wildman–Crippen LogP) is 0.558. The highest BCUT2D eigenvalue weighted by Crippen LogP contribution is 2.11. The first-order chi connectivity index (χ1) is 7.50. The van der Waals surface area contributed by atoms with Gasteiger partial charge in [-0.3, -0.25) is 14.9 Å². The lowest BCUT2D eigenvalue weighted by atomic mass is 10.2. The van der Waals surface area contributed by atoms with Crippen molar-refractivity contribution in [2.75, 3.05) is 0 Å². The molecule has 0 bridgehead atoms. The van der Waals surface area contributed by atoms with Crippen molar-refractivity contribution in [3.8, 4) is 0 Å². The summed E-state index contributed by atoms with van der Waals surface area (Å²) < 4.78 is 0. The Kier molecular flexibility index (Phi) is 3.96. The van der Waals surface area contributed by atoms with Gasteiger partial charge < -0.3 is 11.1 Å². The van der Waals surface area contributed by atoms with Crippen LogP contribution in [0, 0.1) is 10.1 Å². The Bertz CT molecular complexity index is 387. The van der Waals surface area contributed by atoms with E-state index in [-0.39, 0.29) is 11.6 Å². The first-order valence-corrected chi connectivity index (χ1v) is 4.77. The van der Waals surface area contributed by atoms with E-state index in [9.17, 15) is 14.9 Å². The first-order valence-electron chi connectivity index (χ1n) is 4.77. The van der Waals surface area contributed by atoms with E-state index in [1.54, 1.807) is 19.1 Å². The van der Waals surface area contributed by atoms with Gasteiger partial charge in [0.2, 0.25) is 5.91 Å². The van der Waals surface area contributed by atoms with Gasteiger partial charge in [0.25, 0.3) is 5.69 Å². The molecule has 3 N–H and O–H groups in total. The van der Waals surface area contributed by atoms with Crippen molar-refractivity contribution in [3.05, 3.63) is 39.9 Å². The third-order valence-electron chi connectivity index (χ3n) is 2.03. The summed E-state index contributed by atoms with van der Waals surface area (Å²) in [6, 6.07) is 5.43. The largest absolute Gasteiger partial charge is 0.351 e. The van der Waals surface area contributed by atoms with Crippen LogP contribution in [0.15, 0.2) is 24.3 Å². The van der Waals surface area contributed by atoms with Crippen LogP contribution in [-0.2, 0) is 11.3 Å². The Labute approximate surface area is 92.6 Å². The third-order valence-corrected chi connectivity index (χ3v) is 2.03. The summed E-state index contributed by atoms with van der Waals surface area (Å²) in [5, 5.41) is 13.0. The molecule has 0 unspecified atom stereocenters. The molecule has 0 radical (unpaired) electrons. The van der Waals surface area contributed by atoms with Crippen molar-refractivity contribution in [1.82, 2.24) is 5.32 Å². The number of hydrogen-bond donors (Lipinski definition) is 2. The van der Waals surface area contributed by atoms with E-state index in [1.165, 1.54) is 12.1 Å². The van der Waals surface area contributed by atoms with Crippen LogP contribution in [0.25, 0.3) is 0 Å². The zero-order valence-electron chi connectivity index (χ0n) is 8.84. The molecule has 6 heteroatoms. The molecule has 1 rings (SSSR count). The van der Waals surface area contributed by atoms with Crippen LogP contribution in [0.1, 0.15) is 12.5 Å². The van der Waals surface area contributed by atoms with E-state index in [2.05, 4.69) is 5.32 Å². The topological polar surface area (TPSA) is 98.3 Å². The van der Waals surface area contributed by atoms with Gasteiger partial charge in [-0.2, -0.15) is 0 Å². The van der Waals surface area contributed by atoms with Crippen molar-refractivity contribution >= 4 is 11.6 Å². The van der Waals surface area contributed by atoms with Gasteiger partial charge in [0.05, 0.1) is 11.0 Å². The molecule has 0 saturated heterocycles. The fourth-order valence-corrected chi connectivity index (χ4v) is 1.09. The second kappa shape index (κ2) is 5.22. The minimum Gasteiger partial charge on any atom is -0.351 e. The van der Waals surface area contributed by atoms with Crippen LogP contribution in [0.5, 0.6) is 0 Å². The summed E-state index contributed by atoms with van der Waals surface area (Å²) in [5.74, 6) is -0.252. The molecule has 1 amide bonds. The van der Waals surface area contributed by atoms with E-state index in [0.29, 0.717) is 6.54 Å². The van der Waals surface area contributed by atoms with Gasteiger partial charge in [-0.05, 0) is 12.5 Å². The fourth-order valence-electron chi connectivity index (χ4n) is 1.09. The molecular weight excluding hydrogens is 210 g/mol. The number of carbonyl (C=O) groups is 1. The van der Waals surface area contributed by atoms with Crippen molar-refractivity contribution < 1.29 is 9.72 Å². The Hall–Kier alpha value is -1.95. The molecule has 0 heterocycles. The minimum atomic E-state index is -0.557. The molecule has 0 saturated carbocycles. The van der Waals surface area contributed by atoms with E-state index < -0.39 is 11.0 Å². The minimum absolute atomic E-state index is 0.0299. The lowest BCUT2D eigenvalue weighted by Gasteiger charge is -2.07. The van der Waals surface area contributed by atoms with Crippen LogP contribution in [0.3, 0.4) is 0 Å². The summed E-state index contributed by atoms with van der Waals surface area (Å²) in [5.41, 5.74) is 6.18. The normalized spacial score (nSPS) is 11.9. The highest BCUT2D eigenvalue weighted by atomic mass is 16.6. The maximum Gasteiger partial charge on any atom is 0.269 e. The number of nitro benzene ring substituents is 1. The van der Waals surface area contributed by atoms with E-state index in [4.69, 9.17) is 5.73 Å². The number of nitrogens with one attached hydrogen (secondary N) is 1. The first kappa shape index (κ1) is 12.1. The van der Waals surface area contributed by atoms with Gasteiger partial charge in [0.1, 0.15) is 0 Å². The molecule has 0 aliphatic carbocycles. The zero-order chi connectivity index (χ0) is 12.1. The number of hydrogen-bond acceptors (Lipinski definition) is 4. The number of benzene rings is 1. The Balaban J connectivity index is 2.56. The Morgan fingerprint density at radius 3 is 2.50 bits per heavy atom. The fraction of sp³-hybridized carbons (Fsp3) is 0.300. The highest BCUT2D eigenvalue weighted by molar-refractivity contribution is 5.80.